The molecule has 2 unspecified atom stereocenters. The minimum absolute atomic E-state index is 0.224. The van der Waals surface area contributed by atoms with Crippen molar-refractivity contribution in [3.05, 3.63) is 24.2 Å². The van der Waals surface area contributed by atoms with Crippen LogP contribution in [0.1, 0.15) is 57.1 Å². The molecule has 1 aromatic rings. The van der Waals surface area contributed by atoms with Gasteiger partial charge in [-0.25, -0.2) is 0 Å². The van der Waals surface area contributed by atoms with Crippen LogP contribution in [-0.2, 0) is 16.0 Å². The highest BCUT2D eigenvalue weighted by atomic mass is 16.5. The molecule has 3 aliphatic rings. The molecule has 0 bridgehead atoms. The van der Waals surface area contributed by atoms with Gasteiger partial charge in [0, 0.05) is 44.6 Å². The van der Waals surface area contributed by atoms with Gasteiger partial charge in [0.1, 0.15) is 5.76 Å². The Labute approximate surface area is 179 Å². The molecule has 30 heavy (non-hydrogen) atoms. The molecule has 7 heteroatoms. The van der Waals surface area contributed by atoms with Gasteiger partial charge < -0.3 is 24.7 Å². The van der Waals surface area contributed by atoms with E-state index in [0.717, 1.165) is 76.5 Å². The number of nitrogens with zero attached hydrogens (tertiary/aromatic N) is 2. The van der Waals surface area contributed by atoms with Crippen LogP contribution >= 0.6 is 0 Å². The van der Waals surface area contributed by atoms with Crippen LogP contribution in [0.4, 0.5) is 0 Å². The lowest BCUT2D eigenvalue weighted by molar-refractivity contribution is -0.135. The van der Waals surface area contributed by atoms with Crippen molar-refractivity contribution in [3.63, 3.8) is 0 Å². The fourth-order valence-corrected chi connectivity index (χ4v) is 4.77. The van der Waals surface area contributed by atoms with Crippen molar-refractivity contribution in [1.29, 1.82) is 0 Å². The summed E-state index contributed by atoms with van der Waals surface area (Å²) in [6.07, 6.45) is 11.7. The third-order valence-electron chi connectivity index (χ3n) is 6.52. The molecule has 2 atom stereocenters. The minimum atomic E-state index is 0.224. The number of nitrogens with one attached hydrogen (secondary N) is 2. The molecule has 4 rings (SSSR count). The molecule has 2 aliphatic heterocycles. The van der Waals surface area contributed by atoms with Crippen LogP contribution in [-0.4, -0.2) is 61.7 Å². The van der Waals surface area contributed by atoms with Gasteiger partial charge in [0.05, 0.1) is 18.9 Å². The predicted octanol–water partition coefficient (Wildman–Crippen LogP) is 2.72. The number of ether oxygens (including phenoxy) is 1. The Kier molecular flexibility index (Phi) is 7.67. The molecule has 0 radical (unpaired) electrons. The first-order chi connectivity index (χ1) is 14.8. The monoisotopic (exact) mass is 416 g/mol. The Hall–Kier alpha value is -2.02. The summed E-state index contributed by atoms with van der Waals surface area (Å²) in [5.74, 6) is 2.39. The highest BCUT2D eigenvalue weighted by Gasteiger charge is 2.31. The van der Waals surface area contributed by atoms with E-state index in [9.17, 15) is 4.79 Å². The zero-order chi connectivity index (χ0) is 20.6. The number of furan rings is 1. The molecule has 1 amide bonds. The number of likely N-dealkylation sites (tertiary alicyclic amines) is 1. The van der Waals surface area contributed by atoms with Gasteiger partial charge in [-0.2, -0.15) is 0 Å². The molecule has 3 fully saturated rings. The van der Waals surface area contributed by atoms with E-state index in [-0.39, 0.29) is 18.1 Å². The Morgan fingerprint density at radius 2 is 2.07 bits per heavy atom. The summed E-state index contributed by atoms with van der Waals surface area (Å²) in [4.78, 5) is 19.7. The van der Waals surface area contributed by atoms with E-state index in [1.54, 1.807) is 6.26 Å². The summed E-state index contributed by atoms with van der Waals surface area (Å²) in [5, 5.41) is 7.00. The smallest absolute Gasteiger partial charge is 0.225 e. The van der Waals surface area contributed by atoms with Crippen molar-refractivity contribution >= 4 is 11.9 Å². The molecule has 0 spiro atoms. The van der Waals surface area contributed by atoms with Gasteiger partial charge in [-0.05, 0) is 44.2 Å². The van der Waals surface area contributed by atoms with Crippen LogP contribution < -0.4 is 10.6 Å². The Morgan fingerprint density at radius 1 is 1.17 bits per heavy atom. The normalized spacial score (nSPS) is 25.6. The quantitative estimate of drug-likeness (QED) is 0.528. The zero-order valence-electron chi connectivity index (χ0n) is 18.0. The van der Waals surface area contributed by atoms with Gasteiger partial charge in [0.2, 0.25) is 5.91 Å². The van der Waals surface area contributed by atoms with E-state index >= 15 is 0 Å². The number of guanidine groups is 1. The molecule has 3 heterocycles. The molecule has 1 aliphatic carbocycles. The lowest BCUT2D eigenvalue weighted by atomic mass is 9.88. The van der Waals surface area contributed by atoms with Crippen molar-refractivity contribution in [1.82, 2.24) is 15.5 Å². The molecule has 1 aromatic heterocycles. The second-order valence-corrected chi connectivity index (χ2v) is 8.83. The number of hydrogen-bond donors (Lipinski definition) is 2. The number of hydrogen-bond acceptors (Lipinski definition) is 4. The molecule has 2 N–H and O–H groups in total. The predicted molar refractivity (Wildman–Crippen MR) is 116 cm³/mol. The van der Waals surface area contributed by atoms with Crippen molar-refractivity contribution in [2.75, 3.05) is 32.8 Å². The van der Waals surface area contributed by atoms with E-state index in [0.29, 0.717) is 12.5 Å². The van der Waals surface area contributed by atoms with Gasteiger partial charge in [-0.1, -0.05) is 19.3 Å². The Morgan fingerprint density at radius 3 is 2.83 bits per heavy atom. The Balaban J connectivity index is 1.28. The fourth-order valence-electron chi connectivity index (χ4n) is 4.77. The summed E-state index contributed by atoms with van der Waals surface area (Å²) >= 11 is 0. The molecule has 7 nitrogen and oxygen atoms in total. The average molecular weight is 417 g/mol. The number of amides is 1. The largest absolute Gasteiger partial charge is 0.469 e. The molecule has 166 valence electrons. The van der Waals surface area contributed by atoms with Crippen LogP contribution in [0.5, 0.6) is 0 Å². The maximum atomic E-state index is 12.9. The lowest BCUT2D eigenvalue weighted by Crippen LogP contribution is -2.46. The maximum absolute atomic E-state index is 12.9. The van der Waals surface area contributed by atoms with Crippen LogP contribution in [0.3, 0.4) is 0 Å². The third kappa shape index (κ3) is 6.00. The van der Waals surface area contributed by atoms with E-state index in [2.05, 4.69) is 15.5 Å². The van der Waals surface area contributed by atoms with E-state index in [1.807, 2.05) is 12.1 Å². The molecular weight excluding hydrogens is 380 g/mol. The first-order valence-electron chi connectivity index (χ1n) is 11.8. The second-order valence-electron chi connectivity index (χ2n) is 8.83. The van der Waals surface area contributed by atoms with Crippen LogP contribution in [0.2, 0.25) is 0 Å². The van der Waals surface area contributed by atoms with Gasteiger partial charge in [-0.3, -0.25) is 9.79 Å². The van der Waals surface area contributed by atoms with E-state index in [4.69, 9.17) is 14.1 Å². The number of carbonyl (C=O) groups excluding carboxylic acids is 1. The topological polar surface area (TPSA) is 79.1 Å². The van der Waals surface area contributed by atoms with Crippen molar-refractivity contribution in [2.24, 2.45) is 10.9 Å². The molecule has 0 aromatic carbocycles. The summed E-state index contributed by atoms with van der Waals surface area (Å²) in [5.41, 5.74) is 0. The average Bonchev–Trinajstić information content (AvgIpc) is 3.55. The molecular formula is C23H36N4O3. The maximum Gasteiger partial charge on any atom is 0.225 e. The fraction of sp³-hybridized carbons (Fsp3) is 0.739. The second kappa shape index (κ2) is 10.8. The summed E-state index contributed by atoms with van der Waals surface area (Å²) in [7, 11) is 0. The summed E-state index contributed by atoms with van der Waals surface area (Å²) < 4.78 is 11.1. The van der Waals surface area contributed by atoms with Gasteiger partial charge in [0.15, 0.2) is 5.96 Å². The summed E-state index contributed by atoms with van der Waals surface area (Å²) in [6.45, 7) is 3.89. The number of carbonyl (C=O) groups is 1. The van der Waals surface area contributed by atoms with Crippen molar-refractivity contribution in [3.8, 4) is 0 Å². The van der Waals surface area contributed by atoms with Gasteiger partial charge in [0.25, 0.3) is 0 Å². The lowest BCUT2D eigenvalue weighted by Gasteiger charge is -2.26. The SMILES string of the molecule is O=C(C1CCCCC1)N1CCC(NC(=NCC2CCCO2)NCCc2ccco2)C1. The molecule has 2 saturated heterocycles. The van der Waals surface area contributed by atoms with Crippen LogP contribution in [0, 0.1) is 5.92 Å². The zero-order valence-corrected chi connectivity index (χ0v) is 18.0. The van der Waals surface area contributed by atoms with Gasteiger partial charge in [-0.15, -0.1) is 0 Å². The Bertz CT molecular complexity index is 679. The highest BCUT2D eigenvalue weighted by molar-refractivity contribution is 5.81. The first kappa shape index (κ1) is 21.2. The van der Waals surface area contributed by atoms with Gasteiger partial charge >= 0.3 is 0 Å². The standard InChI is InChI=1S/C23H36N4O3/c28-22(18-6-2-1-3-7-18)27-13-11-19(17-27)26-23(25-16-21-9-5-15-30-21)24-12-10-20-8-4-14-29-20/h4,8,14,18-19,21H,1-3,5-7,9-13,15-17H2,(H2,24,25,26). The summed E-state index contributed by atoms with van der Waals surface area (Å²) in [6, 6.07) is 4.15. The van der Waals surface area contributed by atoms with Crippen LogP contribution in [0.25, 0.3) is 0 Å². The van der Waals surface area contributed by atoms with E-state index < -0.39 is 0 Å². The molecule has 1 saturated carbocycles. The van der Waals surface area contributed by atoms with E-state index in [1.165, 1.54) is 19.3 Å². The highest BCUT2D eigenvalue weighted by Crippen LogP contribution is 2.26. The van der Waals surface area contributed by atoms with Crippen molar-refractivity contribution < 1.29 is 13.9 Å². The minimum Gasteiger partial charge on any atom is -0.469 e. The number of rotatable bonds is 7. The van der Waals surface area contributed by atoms with Crippen molar-refractivity contribution in [2.45, 2.75) is 69.9 Å². The van der Waals surface area contributed by atoms with Crippen LogP contribution in [0.15, 0.2) is 27.8 Å². The first-order valence-corrected chi connectivity index (χ1v) is 11.8. The number of aliphatic imine (C=N–C) groups is 1. The third-order valence-corrected chi connectivity index (χ3v) is 6.52.